The molecule has 0 amide bonds. The van der Waals surface area contributed by atoms with Gasteiger partial charge >= 0.3 is 0 Å². The average molecular weight is 672 g/mol. The topological polar surface area (TPSA) is 9.86 Å². The summed E-state index contributed by atoms with van der Waals surface area (Å²) in [6.07, 6.45) is 27.6. The van der Waals surface area contributed by atoms with Gasteiger partial charge in [0.25, 0.3) is 0 Å². The van der Waals surface area contributed by atoms with Crippen molar-refractivity contribution in [2.75, 3.05) is 0 Å². The van der Waals surface area contributed by atoms with Gasteiger partial charge in [-0.3, -0.25) is 0 Å². The summed E-state index contributed by atoms with van der Waals surface area (Å²) in [6, 6.07) is 21.0. The van der Waals surface area contributed by atoms with Crippen molar-refractivity contribution in [1.29, 1.82) is 0 Å². The summed E-state index contributed by atoms with van der Waals surface area (Å²) >= 11 is 3.79. The molecule has 0 saturated carbocycles. The first kappa shape index (κ1) is 34.1. The molecule has 0 N–H and O–H groups in total. The van der Waals surface area contributed by atoms with Crippen LogP contribution in [0.1, 0.15) is 142 Å². The van der Waals surface area contributed by atoms with Crippen LogP contribution in [0, 0.1) is 0 Å². The molecule has 0 radical (unpaired) electrons. The molecule has 5 aromatic rings. The number of aryl methyl sites for hydroxylation is 2. The molecule has 0 unspecified atom stereocenters. The molecule has 45 heavy (non-hydrogen) atoms. The second-order valence-electron chi connectivity index (χ2n) is 13.7. The van der Waals surface area contributed by atoms with Gasteiger partial charge in [0, 0.05) is 61.2 Å². The predicted molar refractivity (Wildman–Crippen MR) is 204 cm³/mol. The smallest absolute Gasteiger partial charge is 0.0499 e. The normalized spacial score (nSPS) is 12.1. The summed E-state index contributed by atoms with van der Waals surface area (Å²) in [5.41, 5.74) is 5.57. The first-order chi connectivity index (χ1) is 22.2. The Morgan fingerprint density at radius 1 is 0.400 bits per heavy atom. The third-order valence-corrected chi connectivity index (χ3v) is 10.7. The minimum Gasteiger partial charge on any atom is -0.340 e. The molecule has 0 aliphatic rings. The Kier molecular flexibility index (Phi) is 13.8. The van der Waals surface area contributed by atoms with E-state index < -0.39 is 0 Å². The first-order valence-corrected chi connectivity index (χ1v) is 19.6. The molecule has 0 fully saturated rings. The molecular formula is C42H59BrN2. The van der Waals surface area contributed by atoms with Gasteiger partial charge in [-0.25, -0.2) is 0 Å². The average Bonchev–Trinajstić information content (AvgIpc) is 3.52. The van der Waals surface area contributed by atoms with Crippen molar-refractivity contribution in [1.82, 2.24) is 9.13 Å². The van der Waals surface area contributed by atoms with Crippen LogP contribution in [0.5, 0.6) is 0 Å². The lowest BCUT2D eigenvalue weighted by atomic mass is 10.1. The lowest BCUT2D eigenvalue weighted by Gasteiger charge is -2.09. The summed E-state index contributed by atoms with van der Waals surface area (Å²) in [7, 11) is 0. The van der Waals surface area contributed by atoms with Gasteiger partial charge in [-0.1, -0.05) is 164 Å². The van der Waals surface area contributed by atoms with E-state index >= 15 is 0 Å². The molecule has 5 rings (SSSR count). The summed E-state index contributed by atoms with van der Waals surface area (Å²) in [5.74, 6) is 0. The van der Waals surface area contributed by atoms with Crippen LogP contribution in [-0.2, 0) is 13.1 Å². The molecule has 244 valence electrons. The van der Waals surface area contributed by atoms with Crippen molar-refractivity contribution in [3.8, 4) is 0 Å². The SMILES string of the molecule is CCCCCCCCCCCCn1c2ccccc2c2cc3c(cc21)c1cc(Br)ccc1n3CCCCCCCCCCCC. The number of unbranched alkanes of at least 4 members (excludes halogenated alkanes) is 18. The zero-order valence-electron chi connectivity index (χ0n) is 28.5. The van der Waals surface area contributed by atoms with E-state index in [4.69, 9.17) is 0 Å². The number of hydrogen-bond donors (Lipinski definition) is 0. The fraction of sp³-hybridized carbons (Fsp3) is 0.571. The van der Waals surface area contributed by atoms with Crippen molar-refractivity contribution in [2.24, 2.45) is 0 Å². The quantitative estimate of drug-likeness (QED) is 0.0648. The van der Waals surface area contributed by atoms with Crippen LogP contribution in [0.2, 0.25) is 0 Å². The van der Waals surface area contributed by atoms with Gasteiger partial charge in [0.15, 0.2) is 0 Å². The highest BCUT2D eigenvalue weighted by Gasteiger charge is 2.17. The van der Waals surface area contributed by atoms with E-state index in [-0.39, 0.29) is 0 Å². The zero-order chi connectivity index (χ0) is 31.3. The monoisotopic (exact) mass is 670 g/mol. The third-order valence-electron chi connectivity index (χ3n) is 10.2. The maximum absolute atomic E-state index is 3.79. The Morgan fingerprint density at radius 3 is 1.31 bits per heavy atom. The maximum atomic E-state index is 3.79. The third kappa shape index (κ3) is 8.97. The van der Waals surface area contributed by atoms with Gasteiger partial charge in [0.1, 0.15) is 0 Å². The maximum Gasteiger partial charge on any atom is 0.0499 e. The van der Waals surface area contributed by atoms with Crippen LogP contribution in [0.25, 0.3) is 43.6 Å². The highest BCUT2D eigenvalue weighted by atomic mass is 79.9. The number of aromatic nitrogens is 2. The van der Waals surface area contributed by atoms with Gasteiger partial charge in [0.05, 0.1) is 0 Å². The predicted octanol–water partition coefficient (Wildman–Crippen LogP) is 14.5. The summed E-state index contributed by atoms with van der Waals surface area (Å²) in [4.78, 5) is 0. The van der Waals surface area contributed by atoms with Crippen molar-refractivity contribution >= 4 is 59.5 Å². The number of hydrogen-bond acceptors (Lipinski definition) is 0. The highest BCUT2D eigenvalue weighted by molar-refractivity contribution is 9.10. The summed E-state index contributed by atoms with van der Waals surface area (Å²) in [6.45, 7) is 6.81. The van der Waals surface area contributed by atoms with E-state index in [0.29, 0.717) is 0 Å². The number of halogens is 1. The number of fused-ring (bicyclic) bond motifs is 6. The molecule has 0 aliphatic carbocycles. The highest BCUT2D eigenvalue weighted by Crippen LogP contribution is 2.38. The molecule has 3 aromatic carbocycles. The largest absolute Gasteiger partial charge is 0.340 e. The fourth-order valence-corrected chi connectivity index (χ4v) is 7.97. The lowest BCUT2D eigenvalue weighted by molar-refractivity contribution is 0.541. The zero-order valence-corrected chi connectivity index (χ0v) is 30.1. The fourth-order valence-electron chi connectivity index (χ4n) is 7.61. The van der Waals surface area contributed by atoms with Crippen LogP contribution < -0.4 is 0 Å². The van der Waals surface area contributed by atoms with E-state index in [1.165, 1.54) is 177 Å². The minimum absolute atomic E-state index is 1.10. The van der Waals surface area contributed by atoms with Gasteiger partial charge in [-0.05, 0) is 49.2 Å². The van der Waals surface area contributed by atoms with E-state index in [1.807, 2.05) is 0 Å². The second-order valence-corrected chi connectivity index (χ2v) is 14.6. The number of nitrogens with zero attached hydrogens (tertiary/aromatic N) is 2. The van der Waals surface area contributed by atoms with Crippen molar-refractivity contribution in [3.63, 3.8) is 0 Å². The molecule has 2 aromatic heterocycles. The Morgan fingerprint density at radius 2 is 0.800 bits per heavy atom. The molecule has 2 heterocycles. The number of benzene rings is 3. The molecule has 0 spiro atoms. The molecule has 0 saturated heterocycles. The van der Waals surface area contributed by atoms with Gasteiger partial charge in [0.2, 0.25) is 0 Å². The van der Waals surface area contributed by atoms with Crippen molar-refractivity contribution in [2.45, 2.75) is 155 Å². The van der Waals surface area contributed by atoms with E-state index in [2.05, 4.69) is 93.5 Å². The molecule has 3 heteroatoms. The van der Waals surface area contributed by atoms with Crippen LogP contribution in [0.15, 0.2) is 59.1 Å². The van der Waals surface area contributed by atoms with E-state index in [1.54, 1.807) is 0 Å². The van der Waals surface area contributed by atoms with Crippen molar-refractivity contribution in [3.05, 3.63) is 59.1 Å². The van der Waals surface area contributed by atoms with Crippen molar-refractivity contribution < 1.29 is 0 Å². The molecular weight excluding hydrogens is 612 g/mol. The summed E-state index contributed by atoms with van der Waals surface area (Å²) < 4.78 is 6.41. The summed E-state index contributed by atoms with van der Waals surface area (Å²) in [5, 5.41) is 5.59. The molecule has 0 bridgehead atoms. The van der Waals surface area contributed by atoms with Crippen LogP contribution in [0.4, 0.5) is 0 Å². The number of rotatable bonds is 22. The first-order valence-electron chi connectivity index (χ1n) is 18.9. The molecule has 0 aliphatic heterocycles. The van der Waals surface area contributed by atoms with Gasteiger partial charge < -0.3 is 9.13 Å². The number of para-hydroxylation sites is 1. The van der Waals surface area contributed by atoms with Gasteiger partial charge in [-0.15, -0.1) is 0 Å². The van der Waals surface area contributed by atoms with E-state index in [0.717, 1.165) is 13.1 Å². The molecule has 2 nitrogen and oxygen atoms in total. The van der Waals surface area contributed by atoms with Crippen LogP contribution in [-0.4, -0.2) is 9.13 Å². The second kappa shape index (κ2) is 18.2. The lowest BCUT2D eigenvalue weighted by Crippen LogP contribution is -1.99. The Bertz CT molecular complexity index is 1610. The Balaban J connectivity index is 1.29. The Labute approximate surface area is 282 Å². The Hall–Kier alpha value is -2.26. The van der Waals surface area contributed by atoms with Crippen LogP contribution in [0.3, 0.4) is 0 Å². The van der Waals surface area contributed by atoms with Gasteiger partial charge in [-0.2, -0.15) is 0 Å². The standard InChI is InChI=1S/C42H59BrN2/c1-3-5-7-9-11-13-15-17-19-23-29-44-39-26-22-21-25-35(39)37-32-42-38(33-41(37)44)36-31-34(43)27-28-40(36)45(42)30-24-20-18-16-14-12-10-8-6-4-2/h21-22,25-28,31-33H,3-20,23-24,29-30H2,1-2H3. The van der Waals surface area contributed by atoms with Crippen LogP contribution >= 0.6 is 15.9 Å². The minimum atomic E-state index is 1.10. The molecule has 0 atom stereocenters. The van der Waals surface area contributed by atoms with E-state index in [9.17, 15) is 0 Å².